The number of aryl methyl sites for hydroxylation is 1. The Morgan fingerprint density at radius 1 is 1.00 bits per heavy atom. The lowest BCUT2D eigenvalue weighted by Gasteiger charge is -2.23. The molecule has 1 aliphatic heterocycles. The topological polar surface area (TPSA) is 58.5 Å². The number of nitrogens with zero attached hydrogens (tertiary/aromatic N) is 3. The van der Waals surface area contributed by atoms with Crippen molar-refractivity contribution in [3.05, 3.63) is 95.1 Å². The van der Waals surface area contributed by atoms with Crippen LogP contribution in [-0.2, 0) is 6.54 Å². The summed E-state index contributed by atoms with van der Waals surface area (Å²) in [6.07, 6.45) is 5.66. The van der Waals surface area contributed by atoms with E-state index < -0.39 is 0 Å². The first kappa shape index (κ1) is 23.6. The molecule has 0 bridgehead atoms. The van der Waals surface area contributed by atoms with E-state index in [1.807, 2.05) is 42.9 Å². The summed E-state index contributed by atoms with van der Waals surface area (Å²) in [6, 6.07) is 14.2. The first-order valence-electron chi connectivity index (χ1n) is 12.7. The molecule has 6 rings (SSSR count). The van der Waals surface area contributed by atoms with E-state index in [9.17, 15) is 4.39 Å². The first-order valence-corrected chi connectivity index (χ1v) is 12.7. The maximum atomic E-state index is 15.1. The molecule has 1 fully saturated rings. The van der Waals surface area contributed by atoms with Crippen LogP contribution in [0.15, 0.2) is 60.9 Å². The average Bonchev–Trinajstić information content (AvgIpc) is 3.43. The van der Waals surface area contributed by atoms with Crippen molar-refractivity contribution in [2.24, 2.45) is 0 Å². The van der Waals surface area contributed by atoms with Crippen LogP contribution in [0.4, 0.5) is 8.78 Å². The monoisotopic (exact) mass is 497 g/mol. The van der Waals surface area contributed by atoms with Crippen LogP contribution in [0.5, 0.6) is 0 Å². The number of H-pyrrole nitrogens is 1. The normalized spacial score (nSPS) is 14.5. The molecule has 4 heterocycles. The zero-order valence-corrected chi connectivity index (χ0v) is 21.0. The number of hydrogen-bond donors (Lipinski definition) is 2. The van der Waals surface area contributed by atoms with Crippen LogP contribution < -0.4 is 5.32 Å². The highest BCUT2D eigenvalue weighted by atomic mass is 19.1. The summed E-state index contributed by atoms with van der Waals surface area (Å²) >= 11 is 0. The third kappa shape index (κ3) is 4.44. The van der Waals surface area contributed by atoms with E-state index in [2.05, 4.69) is 21.4 Å². The molecule has 0 aliphatic carbocycles. The van der Waals surface area contributed by atoms with Crippen molar-refractivity contribution in [2.75, 3.05) is 13.1 Å². The van der Waals surface area contributed by atoms with Gasteiger partial charge < -0.3 is 10.3 Å². The Bertz CT molecular complexity index is 1590. The molecule has 0 amide bonds. The van der Waals surface area contributed by atoms with Crippen molar-refractivity contribution in [3.63, 3.8) is 0 Å². The zero-order chi connectivity index (χ0) is 25.5. The van der Waals surface area contributed by atoms with Gasteiger partial charge in [0.15, 0.2) is 0 Å². The average molecular weight is 498 g/mol. The second-order valence-corrected chi connectivity index (χ2v) is 9.92. The largest absolute Gasteiger partial charge is 0.346 e. The predicted octanol–water partition coefficient (Wildman–Crippen LogP) is 6.50. The summed E-state index contributed by atoms with van der Waals surface area (Å²) in [4.78, 5) is 7.91. The summed E-state index contributed by atoms with van der Waals surface area (Å²) in [6.45, 7) is 6.36. The van der Waals surface area contributed by atoms with Gasteiger partial charge in [-0.05, 0) is 86.7 Å². The molecule has 2 aromatic carbocycles. The number of aromatic nitrogens is 4. The lowest BCUT2D eigenvalue weighted by Crippen LogP contribution is -2.27. The van der Waals surface area contributed by atoms with Crippen LogP contribution in [-0.4, -0.2) is 32.8 Å². The smallest absolute Gasteiger partial charge is 0.137 e. The third-order valence-electron chi connectivity index (χ3n) is 7.52. The maximum Gasteiger partial charge on any atom is 0.137 e. The molecule has 37 heavy (non-hydrogen) atoms. The predicted molar refractivity (Wildman–Crippen MR) is 143 cm³/mol. The fourth-order valence-electron chi connectivity index (χ4n) is 5.59. The molecule has 3 aromatic heterocycles. The Kier molecular flexibility index (Phi) is 6.08. The molecule has 0 atom stereocenters. The summed E-state index contributed by atoms with van der Waals surface area (Å²) in [5.74, 6) is -0.138. The van der Waals surface area contributed by atoms with Gasteiger partial charge in [-0.3, -0.25) is 4.68 Å². The van der Waals surface area contributed by atoms with Crippen molar-refractivity contribution in [1.29, 1.82) is 0 Å². The summed E-state index contributed by atoms with van der Waals surface area (Å²) in [5.41, 5.74) is 8.00. The SMILES string of the molecule is Cc1nn(Cc2cccc(F)c2)c(C)c1-c1c[nH]c2ncc(-c3ccc(C4CCNCC4)c(F)c3)cc12. The molecule has 5 nitrogen and oxygen atoms in total. The lowest BCUT2D eigenvalue weighted by atomic mass is 9.89. The number of rotatable bonds is 5. The van der Waals surface area contributed by atoms with Crippen LogP contribution in [0.1, 0.15) is 41.3 Å². The summed E-state index contributed by atoms with van der Waals surface area (Å²) in [7, 11) is 0. The molecule has 0 radical (unpaired) electrons. The Labute approximate surface area is 214 Å². The van der Waals surface area contributed by atoms with Gasteiger partial charge in [-0.2, -0.15) is 5.10 Å². The number of pyridine rings is 1. The van der Waals surface area contributed by atoms with Gasteiger partial charge in [0, 0.05) is 40.2 Å². The van der Waals surface area contributed by atoms with Crippen molar-refractivity contribution in [2.45, 2.75) is 39.2 Å². The van der Waals surface area contributed by atoms with Crippen LogP contribution in [0.3, 0.4) is 0 Å². The van der Waals surface area contributed by atoms with Crippen LogP contribution >= 0.6 is 0 Å². The zero-order valence-electron chi connectivity index (χ0n) is 21.0. The van der Waals surface area contributed by atoms with Crippen molar-refractivity contribution in [1.82, 2.24) is 25.1 Å². The molecule has 1 saturated heterocycles. The van der Waals surface area contributed by atoms with Gasteiger partial charge in [-0.25, -0.2) is 13.8 Å². The molecule has 0 saturated carbocycles. The standard InChI is InChI=1S/C30H29F2N5/c1-18-29(19(2)37(36-18)17-20-4-3-5-24(31)12-20)27-16-35-30-26(27)13-23(15-34-30)22-6-7-25(28(32)14-22)21-8-10-33-11-9-21/h3-7,12-16,21,33H,8-11,17H2,1-2H3,(H,34,35). The number of benzene rings is 2. The number of halogens is 2. The number of aromatic amines is 1. The van der Waals surface area contributed by atoms with Gasteiger partial charge in [0.25, 0.3) is 0 Å². The molecule has 188 valence electrons. The van der Waals surface area contributed by atoms with E-state index in [1.54, 1.807) is 18.3 Å². The van der Waals surface area contributed by atoms with Gasteiger partial charge >= 0.3 is 0 Å². The van der Waals surface area contributed by atoms with Gasteiger partial charge in [0.2, 0.25) is 0 Å². The van der Waals surface area contributed by atoms with E-state index in [4.69, 9.17) is 5.10 Å². The first-order chi connectivity index (χ1) is 18.0. The Hall–Kier alpha value is -3.84. The second-order valence-electron chi connectivity index (χ2n) is 9.92. The molecule has 5 aromatic rings. The highest BCUT2D eigenvalue weighted by Gasteiger charge is 2.20. The van der Waals surface area contributed by atoms with Crippen LogP contribution in [0.25, 0.3) is 33.3 Å². The van der Waals surface area contributed by atoms with E-state index in [0.29, 0.717) is 6.54 Å². The molecule has 7 heteroatoms. The molecular weight excluding hydrogens is 468 g/mol. The number of fused-ring (bicyclic) bond motifs is 1. The third-order valence-corrected chi connectivity index (χ3v) is 7.52. The highest BCUT2D eigenvalue weighted by molar-refractivity contribution is 5.97. The Morgan fingerprint density at radius 2 is 1.84 bits per heavy atom. The molecule has 1 aliphatic rings. The molecule has 2 N–H and O–H groups in total. The van der Waals surface area contributed by atoms with Crippen molar-refractivity contribution in [3.8, 4) is 22.3 Å². The Balaban J connectivity index is 1.36. The van der Waals surface area contributed by atoms with Crippen molar-refractivity contribution < 1.29 is 8.78 Å². The van der Waals surface area contributed by atoms with Gasteiger partial charge in [0.05, 0.1) is 12.2 Å². The van der Waals surface area contributed by atoms with E-state index in [0.717, 1.165) is 81.7 Å². The number of piperidine rings is 1. The van der Waals surface area contributed by atoms with Crippen molar-refractivity contribution >= 4 is 11.0 Å². The Morgan fingerprint density at radius 3 is 2.62 bits per heavy atom. The van der Waals surface area contributed by atoms with E-state index in [-0.39, 0.29) is 17.6 Å². The molecular formula is C30H29F2N5. The number of nitrogens with one attached hydrogen (secondary N) is 2. The minimum absolute atomic E-state index is 0.149. The maximum absolute atomic E-state index is 15.1. The minimum atomic E-state index is -0.255. The summed E-state index contributed by atoms with van der Waals surface area (Å²) in [5, 5.41) is 9.05. The fourth-order valence-corrected chi connectivity index (χ4v) is 5.59. The second kappa shape index (κ2) is 9.56. The highest BCUT2D eigenvalue weighted by Crippen LogP contribution is 2.36. The minimum Gasteiger partial charge on any atom is -0.346 e. The van der Waals surface area contributed by atoms with Gasteiger partial charge in [-0.15, -0.1) is 0 Å². The molecule has 0 unspecified atom stereocenters. The van der Waals surface area contributed by atoms with E-state index >= 15 is 4.39 Å². The lowest BCUT2D eigenvalue weighted by molar-refractivity contribution is 0.445. The number of hydrogen-bond acceptors (Lipinski definition) is 3. The van der Waals surface area contributed by atoms with Crippen LogP contribution in [0, 0.1) is 25.5 Å². The van der Waals surface area contributed by atoms with E-state index in [1.165, 1.54) is 12.1 Å². The molecule has 0 spiro atoms. The van der Waals surface area contributed by atoms with Gasteiger partial charge in [0.1, 0.15) is 17.3 Å². The summed E-state index contributed by atoms with van der Waals surface area (Å²) < 4.78 is 30.8. The fraction of sp³-hybridized carbons (Fsp3) is 0.267. The van der Waals surface area contributed by atoms with Gasteiger partial charge in [-0.1, -0.05) is 24.3 Å². The quantitative estimate of drug-likeness (QED) is 0.291. The van der Waals surface area contributed by atoms with Crippen LogP contribution in [0.2, 0.25) is 0 Å².